The Labute approximate surface area is 86.9 Å². The van der Waals surface area contributed by atoms with Crippen LogP contribution in [0.4, 0.5) is 0 Å². The molecule has 70 valence electrons. The molecule has 0 spiro atoms. The van der Waals surface area contributed by atoms with Crippen molar-refractivity contribution in [2.75, 3.05) is 18.1 Å². The van der Waals surface area contributed by atoms with Gasteiger partial charge in [0.1, 0.15) is 0 Å². The van der Waals surface area contributed by atoms with E-state index in [4.69, 9.17) is 0 Å². The van der Waals surface area contributed by atoms with Crippen molar-refractivity contribution < 1.29 is 8.42 Å². The first-order valence-corrected chi connectivity index (χ1v) is 6.91. The van der Waals surface area contributed by atoms with Crippen LogP contribution in [0.2, 0.25) is 0 Å². The summed E-state index contributed by atoms with van der Waals surface area (Å²) in [5.41, 5.74) is 0. The minimum Gasteiger partial charge on any atom is -0.244 e. The lowest BCUT2D eigenvalue weighted by atomic mass is 9.95. The average molecular weight is 301 g/mol. The fraction of sp³-hybridized carbons (Fsp3) is 1.00. The SMILES string of the molecule is CC1[C@H]2CS(=O)(=O)C[C@H]2CN1I. The molecule has 0 aromatic carbocycles. The second kappa shape index (κ2) is 2.81. The van der Waals surface area contributed by atoms with Gasteiger partial charge in [-0.05, 0) is 18.8 Å². The number of fused-ring (bicyclic) bond motifs is 1. The molecule has 2 fully saturated rings. The first-order valence-electron chi connectivity index (χ1n) is 4.12. The predicted molar refractivity (Wildman–Crippen MR) is 55.8 cm³/mol. The van der Waals surface area contributed by atoms with E-state index in [0.717, 1.165) is 6.54 Å². The Morgan fingerprint density at radius 2 is 2.08 bits per heavy atom. The Kier molecular flexibility index (Phi) is 2.16. The fourth-order valence-corrected chi connectivity index (χ4v) is 5.46. The van der Waals surface area contributed by atoms with Crippen molar-refractivity contribution in [1.82, 2.24) is 3.11 Å². The summed E-state index contributed by atoms with van der Waals surface area (Å²) in [5.74, 6) is 1.63. The van der Waals surface area contributed by atoms with Gasteiger partial charge in [-0.2, -0.15) is 0 Å². The first kappa shape index (κ1) is 9.21. The predicted octanol–water partition coefficient (Wildman–Crippen LogP) is 0.701. The zero-order valence-corrected chi connectivity index (χ0v) is 9.88. The summed E-state index contributed by atoms with van der Waals surface area (Å²) in [6.45, 7) is 3.07. The van der Waals surface area contributed by atoms with Crippen LogP contribution in [0.15, 0.2) is 0 Å². The molecule has 5 heteroatoms. The van der Waals surface area contributed by atoms with Crippen LogP contribution in [0, 0.1) is 11.8 Å². The van der Waals surface area contributed by atoms with Crippen molar-refractivity contribution in [2.24, 2.45) is 11.8 Å². The van der Waals surface area contributed by atoms with Gasteiger partial charge in [-0.25, -0.2) is 11.5 Å². The molecule has 0 aromatic heterocycles. The Morgan fingerprint density at radius 3 is 2.67 bits per heavy atom. The molecule has 0 radical (unpaired) electrons. The van der Waals surface area contributed by atoms with E-state index in [1.807, 2.05) is 0 Å². The van der Waals surface area contributed by atoms with E-state index in [1.165, 1.54) is 0 Å². The molecule has 0 N–H and O–H groups in total. The summed E-state index contributed by atoms with van der Waals surface area (Å²) >= 11 is 2.30. The second-order valence-corrected chi connectivity index (χ2v) is 7.22. The van der Waals surface area contributed by atoms with Crippen LogP contribution >= 0.6 is 22.9 Å². The molecule has 3 atom stereocenters. The van der Waals surface area contributed by atoms with Crippen LogP contribution in [0.3, 0.4) is 0 Å². The number of rotatable bonds is 0. The van der Waals surface area contributed by atoms with Crippen molar-refractivity contribution >= 4 is 32.7 Å². The molecule has 3 nitrogen and oxygen atoms in total. The summed E-state index contributed by atoms with van der Waals surface area (Å²) < 4.78 is 24.8. The highest BCUT2D eigenvalue weighted by atomic mass is 127. The maximum Gasteiger partial charge on any atom is 0.150 e. The molecule has 0 aliphatic carbocycles. The van der Waals surface area contributed by atoms with Crippen molar-refractivity contribution in [3.63, 3.8) is 0 Å². The lowest BCUT2D eigenvalue weighted by Crippen LogP contribution is -2.24. The van der Waals surface area contributed by atoms with Crippen LogP contribution in [0.25, 0.3) is 0 Å². The maximum atomic E-state index is 11.3. The van der Waals surface area contributed by atoms with Gasteiger partial charge in [0.25, 0.3) is 0 Å². The van der Waals surface area contributed by atoms with Gasteiger partial charge in [-0.1, -0.05) is 0 Å². The molecule has 2 rings (SSSR count). The van der Waals surface area contributed by atoms with E-state index in [-0.39, 0.29) is 0 Å². The number of hydrogen-bond donors (Lipinski definition) is 0. The number of hydrogen-bond acceptors (Lipinski definition) is 3. The molecule has 12 heavy (non-hydrogen) atoms. The molecule has 2 aliphatic rings. The molecule has 1 unspecified atom stereocenters. The topological polar surface area (TPSA) is 37.4 Å². The highest BCUT2D eigenvalue weighted by Gasteiger charge is 2.47. The molecule has 0 amide bonds. The van der Waals surface area contributed by atoms with Crippen molar-refractivity contribution in [1.29, 1.82) is 0 Å². The van der Waals surface area contributed by atoms with Crippen molar-refractivity contribution in [3.05, 3.63) is 0 Å². The van der Waals surface area contributed by atoms with Crippen molar-refractivity contribution in [2.45, 2.75) is 13.0 Å². The monoisotopic (exact) mass is 301 g/mol. The Hall–Kier alpha value is 0.640. The van der Waals surface area contributed by atoms with Gasteiger partial charge in [0.05, 0.1) is 11.5 Å². The zero-order chi connectivity index (χ0) is 8.93. The molecule has 0 saturated carbocycles. The number of sulfone groups is 1. The van der Waals surface area contributed by atoms with Gasteiger partial charge in [0.2, 0.25) is 0 Å². The summed E-state index contributed by atoms with van der Waals surface area (Å²) in [5, 5.41) is 0. The minimum absolute atomic E-state index is 0.395. The van der Waals surface area contributed by atoms with Gasteiger partial charge in [-0.3, -0.25) is 0 Å². The zero-order valence-electron chi connectivity index (χ0n) is 6.90. The standard InChI is InChI=1S/C7H12INO2S/c1-5-7-4-12(10,11)3-6(7)2-9(5)8/h5-7H,2-4H2,1H3/t5?,6-,7-/m1/s1. The third-order valence-corrected chi connectivity index (χ3v) is 6.09. The third kappa shape index (κ3) is 1.39. The van der Waals surface area contributed by atoms with Crippen LogP contribution < -0.4 is 0 Å². The molecule has 2 aliphatic heterocycles. The fourth-order valence-electron chi connectivity index (χ4n) is 2.27. The van der Waals surface area contributed by atoms with E-state index in [1.54, 1.807) is 0 Å². The molecule has 0 aromatic rings. The third-order valence-electron chi connectivity index (χ3n) is 2.99. The van der Waals surface area contributed by atoms with Crippen LogP contribution in [-0.4, -0.2) is 35.6 Å². The molecular formula is C7H12INO2S. The normalized spacial score (nSPS) is 46.3. The van der Waals surface area contributed by atoms with Gasteiger partial charge in [-0.15, -0.1) is 0 Å². The molecule has 2 heterocycles. The largest absolute Gasteiger partial charge is 0.244 e. The van der Waals surface area contributed by atoms with E-state index in [2.05, 4.69) is 32.9 Å². The highest BCUT2D eigenvalue weighted by Crippen LogP contribution is 2.38. The van der Waals surface area contributed by atoms with E-state index >= 15 is 0 Å². The molecular weight excluding hydrogens is 289 g/mol. The highest BCUT2D eigenvalue weighted by molar-refractivity contribution is 14.1. The number of halogens is 1. The number of nitrogens with zero attached hydrogens (tertiary/aromatic N) is 1. The summed E-state index contributed by atoms with van der Waals surface area (Å²) in [7, 11) is -2.69. The van der Waals surface area contributed by atoms with Crippen LogP contribution in [0.5, 0.6) is 0 Å². The van der Waals surface area contributed by atoms with Gasteiger partial charge >= 0.3 is 0 Å². The van der Waals surface area contributed by atoms with E-state index in [9.17, 15) is 8.42 Å². The Bertz CT molecular complexity index is 290. The average Bonchev–Trinajstić information content (AvgIpc) is 2.33. The van der Waals surface area contributed by atoms with Crippen molar-refractivity contribution in [3.8, 4) is 0 Å². The summed E-state index contributed by atoms with van der Waals surface area (Å²) in [4.78, 5) is 0. The Morgan fingerprint density at radius 1 is 1.42 bits per heavy atom. The van der Waals surface area contributed by atoms with Crippen LogP contribution in [-0.2, 0) is 9.84 Å². The summed E-state index contributed by atoms with van der Waals surface area (Å²) in [6.07, 6.45) is 0. The minimum atomic E-state index is -2.69. The Balaban J connectivity index is 2.21. The van der Waals surface area contributed by atoms with E-state index < -0.39 is 9.84 Å². The molecule has 2 saturated heterocycles. The maximum absolute atomic E-state index is 11.3. The van der Waals surface area contributed by atoms with Gasteiger partial charge in [0, 0.05) is 35.5 Å². The van der Waals surface area contributed by atoms with Crippen LogP contribution in [0.1, 0.15) is 6.92 Å². The molecule has 0 bridgehead atoms. The quantitative estimate of drug-likeness (QED) is 0.488. The lowest BCUT2D eigenvalue weighted by molar-refractivity contribution is 0.425. The lowest BCUT2D eigenvalue weighted by Gasteiger charge is -2.15. The van der Waals surface area contributed by atoms with Gasteiger partial charge in [0.15, 0.2) is 9.84 Å². The van der Waals surface area contributed by atoms with E-state index in [0.29, 0.717) is 29.4 Å². The second-order valence-electron chi connectivity index (χ2n) is 3.82. The summed E-state index contributed by atoms with van der Waals surface area (Å²) in [6, 6.07) is 0.438. The van der Waals surface area contributed by atoms with Gasteiger partial charge < -0.3 is 0 Å². The first-order chi connectivity index (χ1) is 5.49. The smallest absolute Gasteiger partial charge is 0.150 e.